The lowest BCUT2D eigenvalue weighted by Gasteiger charge is -2.38. The summed E-state index contributed by atoms with van der Waals surface area (Å²) in [5.41, 5.74) is 10.4. The molecule has 0 amide bonds. The average molecular weight is 274 g/mol. The van der Waals surface area contributed by atoms with Gasteiger partial charge in [-0.25, -0.2) is 0 Å². The first-order valence-corrected chi connectivity index (χ1v) is 8.17. The fourth-order valence-corrected chi connectivity index (χ4v) is 3.76. The van der Waals surface area contributed by atoms with Crippen molar-refractivity contribution < 1.29 is 0 Å². The van der Waals surface area contributed by atoms with E-state index in [0.717, 1.165) is 12.5 Å². The maximum absolute atomic E-state index is 6.13. The predicted molar refractivity (Wildman–Crippen MR) is 86.9 cm³/mol. The molecule has 2 nitrogen and oxygen atoms in total. The summed E-state index contributed by atoms with van der Waals surface area (Å²) in [5.74, 6) is 0.938. The minimum Gasteiger partial charge on any atom is -0.329 e. The highest BCUT2D eigenvalue weighted by molar-refractivity contribution is 5.36. The summed E-state index contributed by atoms with van der Waals surface area (Å²) < 4.78 is 0. The molecule has 1 aromatic rings. The van der Waals surface area contributed by atoms with Crippen LogP contribution in [0.1, 0.15) is 55.3 Å². The van der Waals surface area contributed by atoms with E-state index < -0.39 is 0 Å². The largest absolute Gasteiger partial charge is 0.329 e. The summed E-state index contributed by atoms with van der Waals surface area (Å²) in [6.45, 7) is 9.88. The maximum atomic E-state index is 6.13. The minimum atomic E-state index is 0.402. The molecule has 2 N–H and O–H groups in total. The van der Waals surface area contributed by atoms with Crippen LogP contribution >= 0.6 is 0 Å². The van der Waals surface area contributed by atoms with Crippen LogP contribution < -0.4 is 5.73 Å². The first kappa shape index (κ1) is 15.5. The second-order valence-electron chi connectivity index (χ2n) is 6.33. The SMILES string of the molecule is CCCC1CCN(C(CN)c2c(C)cccc2C)CC1. The van der Waals surface area contributed by atoms with Gasteiger partial charge in [-0.1, -0.05) is 38.0 Å². The zero-order chi connectivity index (χ0) is 14.5. The fourth-order valence-electron chi connectivity index (χ4n) is 3.76. The molecule has 1 aliphatic rings. The van der Waals surface area contributed by atoms with Crippen molar-refractivity contribution in [2.45, 2.75) is 52.5 Å². The van der Waals surface area contributed by atoms with Crippen LogP contribution in [0.2, 0.25) is 0 Å². The van der Waals surface area contributed by atoms with E-state index in [1.165, 1.54) is 55.5 Å². The smallest absolute Gasteiger partial charge is 0.0475 e. The summed E-state index contributed by atoms with van der Waals surface area (Å²) >= 11 is 0. The van der Waals surface area contributed by atoms with E-state index in [4.69, 9.17) is 5.73 Å². The summed E-state index contributed by atoms with van der Waals surface area (Å²) in [6.07, 6.45) is 5.40. The topological polar surface area (TPSA) is 29.3 Å². The Bertz CT molecular complexity index is 399. The van der Waals surface area contributed by atoms with Crippen molar-refractivity contribution in [1.29, 1.82) is 0 Å². The molecule has 20 heavy (non-hydrogen) atoms. The number of aryl methyl sites for hydroxylation is 2. The van der Waals surface area contributed by atoms with Gasteiger partial charge in [-0.15, -0.1) is 0 Å². The summed E-state index contributed by atoms with van der Waals surface area (Å²) in [6, 6.07) is 6.98. The quantitative estimate of drug-likeness (QED) is 0.884. The Morgan fingerprint density at radius 3 is 2.30 bits per heavy atom. The van der Waals surface area contributed by atoms with Crippen LogP contribution in [-0.2, 0) is 0 Å². The van der Waals surface area contributed by atoms with Gasteiger partial charge in [-0.2, -0.15) is 0 Å². The zero-order valence-corrected chi connectivity index (χ0v) is 13.4. The fraction of sp³-hybridized carbons (Fsp3) is 0.667. The molecule has 0 saturated carbocycles. The van der Waals surface area contributed by atoms with Gasteiger partial charge in [0.1, 0.15) is 0 Å². The minimum absolute atomic E-state index is 0.402. The molecule has 0 aromatic heterocycles. The summed E-state index contributed by atoms with van der Waals surface area (Å²) in [4.78, 5) is 2.61. The highest BCUT2D eigenvalue weighted by Gasteiger charge is 2.26. The summed E-state index contributed by atoms with van der Waals surface area (Å²) in [7, 11) is 0. The number of hydrogen-bond acceptors (Lipinski definition) is 2. The van der Waals surface area contributed by atoms with Crippen LogP contribution in [0, 0.1) is 19.8 Å². The Balaban J connectivity index is 2.10. The van der Waals surface area contributed by atoms with Gasteiger partial charge < -0.3 is 5.73 Å². The van der Waals surface area contributed by atoms with Crippen molar-refractivity contribution in [2.75, 3.05) is 19.6 Å². The second-order valence-corrected chi connectivity index (χ2v) is 6.33. The molecule has 2 rings (SSSR count). The molecule has 0 radical (unpaired) electrons. The van der Waals surface area contributed by atoms with E-state index >= 15 is 0 Å². The van der Waals surface area contributed by atoms with Crippen molar-refractivity contribution in [2.24, 2.45) is 11.7 Å². The number of nitrogens with two attached hydrogens (primary N) is 1. The van der Waals surface area contributed by atoms with Crippen LogP contribution in [0.4, 0.5) is 0 Å². The molecule has 2 heteroatoms. The number of nitrogens with zero attached hydrogens (tertiary/aromatic N) is 1. The summed E-state index contributed by atoms with van der Waals surface area (Å²) in [5, 5.41) is 0. The van der Waals surface area contributed by atoms with E-state index in [2.05, 4.69) is 43.9 Å². The van der Waals surface area contributed by atoms with Gasteiger partial charge in [0.25, 0.3) is 0 Å². The standard InChI is InChI=1S/C18H30N2/c1-4-6-16-9-11-20(12-10-16)17(13-19)18-14(2)7-5-8-15(18)3/h5,7-8,16-17H,4,6,9-13,19H2,1-3H3. The van der Waals surface area contributed by atoms with E-state index in [-0.39, 0.29) is 0 Å². The molecule has 0 spiro atoms. The molecule has 0 aliphatic carbocycles. The van der Waals surface area contributed by atoms with Gasteiger partial charge >= 0.3 is 0 Å². The van der Waals surface area contributed by atoms with Crippen molar-refractivity contribution in [1.82, 2.24) is 4.90 Å². The molecule has 1 saturated heterocycles. The normalized spacial score (nSPS) is 19.2. The molecular weight excluding hydrogens is 244 g/mol. The van der Waals surface area contributed by atoms with Crippen LogP contribution in [0.5, 0.6) is 0 Å². The third kappa shape index (κ3) is 3.42. The number of rotatable bonds is 5. The Morgan fingerprint density at radius 1 is 1.20 bits per heavy atom. The number of hydrogen-bond donors (Lipinski definition) is 1. The molecular formula is C18H30N2. The van der Waals surface area contributed by atoms with Crippen LogP contribution in [-0.4, -0.2) is 24.5 Å². The van der Waals surface area contributed by atoms with Crippen molar-refractivity contribution >= 4 is 0 Å². The van der Waals surface area contributed by atoms with E-state index in [0.29, 0.717) is 6.04 Å². The third-order valence-electron chi connectivity index (χ3n) is 4.89. The van der Waals surface area contributed by atoms with Crippen LogP contribution in [0.25, 0.3) is 0 Å². The number of piperidine rings is 1. The Hall–Kier alpha value is -0.860. The van der Waals surface area contributed by atoms with Gasteiger partial charge in [-0.3, -0.25) is 4.90 Å². The lowest BCUT2D eigenvalue weighted by molar-refractivity contribution is 0.131. The average Bonchev–Trinajstić information content (AvgIpc) is 2.45. The Kier molecular flexibility index (Phi) is 5.62. The molecule has 1 aliphatic heterocycles. The van der Waals surface area contributed by atoms with Crippen LogP contribution in [0.15, 0.2) is 18.2 Å². The van der Waals surface area contributed by atoms with Crippen molar-refractivity contribution in [3.05, 3.63) is 34.9 Å². The van der Waals surface area contributed by atoms with Crippen molar-refractivity contribution in [3.63, 3.8) is 0 Å². The lowest BCUT2D eigenvalue weighted by Crippen LogP contribution is -2.40. The molecule has 1 unspecified atom stereocenters. The highest BCUT2D eigenvalue weighted by atomic mass is 15.2. The Labute approximate surface area is 124 Å². The van der Waals surface area contributed by atoms with E-state index in [1.54, 1.807) is 0 Å². The predicted octanol–water partition coefficient (Wildman–Crippen LogP) is 3.82. The lowest BCUT2D eigenvalue weighted by atomic mass is 9.89. The molecule has 1 fully saturated rings. The monoisotopic (exact) mass is 274 g/mol. The molecule has 1 aromatic carbocycles. The first-order chi connectivity index (χ1) is 9.67. The highest BCUT2D eigenvalue weighted by Crippen LogP contribution is 2.31. The van der Waals surface area contributed by atoms with Gasteiger partial charge in [0.2, 0.25) is 0 Å². The Morgan fingerprint density at radius 2 is 1.80 bits per heavy atom. The molecule has 1 atom stereocenters. The third-order valence-corrected chi connectivity index (χ3v) is 4.89. The second kappa shape index (κ2) is 7.24. The molecule has 0 bridgehead atoms. The maximum Gasteiger partial charge on any atom is 0.0475 e. The molecule has 1 heterocycles. The van der Waals surface area contributed by atoms with E-state index in [1.807, 2.05) is 0 Å². The van der Waals surface area contributed by atoms with Gasteiger partial charge in [0.15, 0.2) is 0 Å². The first-order valence-electron chi connectivity index (χ1n) is 8.17. The van der Waals surface area contributed by atoms with Crippen molar-refractivity contribution in [3.8, 4) is 0 Å². The number of likely N-dealkylation sites (tertiary alicyclic amines) is 1. The van der Waals surface area contributed by atoms with E-state index in [9.17, 15) is 0 Å². The van der Waals surface area contributed by atoms with Gasteiger partial charge in [0, 0.05) is 12.6 Å². The van der Waals surface area contributed by atoms with Crippen LogP contribution in [0.3, 0.4) is 0 Å². The zero-order valence-electron chi connectivity index (χ0n) is 13.4. The van der Waals surface area contributed by atoms with Gasteiger partial charge in [-0.05, 0) is 62.4 Å². The van der Waals surface area contributed by atoms with Gasteiger partial charge in [0.05, 0.1) is 0 Å². The molecule has 112 valence electrons. The number of benzene rings is 1.